The number of anilines is 1. The number of hydrogen-bond donors (Lipinski definition) is 2. The molecule has 0 atom stereocenters. The summed E-state index contributed by atoms with van der Waals surface area (Å²) < 4.78 is 0. The normalized spacial score (nSPS) is 11.1. The molecule has 0 bridgehead atoms. The van der Waals surface area contributed by atoms with E-state index < -0.39 is 5.97 Å². The third kappa shape index (κ3) is 4.91. The van der Waals surface area contributed by atoms with Crippen LogP contribution in [0.4, 0.5) is 5.69 Å². The number of nitrogens with zero attached hydrogens (tertiary/aromatic N) is 1. The predicted octanol–water partition coefficient (Wildman–Crippen LogP) is 2.84. The molecule has 0 aromatic heterocycles. The minimum atomic E-state index is -0.873. The molecule has 0 aliphatic rings. The maximum atomic E-state index is 10.9. The highest BCUT2D eigenvalue weighted by Crippen LogP contribution is 2.15. The van der Waals surface area contributed by atoms with Gasteiger partial charge in [0.15, 0.2) is 0 Å². The minimum Gasteiger partial charge on any atom is -0.478 e. The molecule has 106 valence electrons. The van der Waals surface area contributed by atoms with Gasteiger partial charge in [0.05, 0.1) is 5.56 Å². The summed E-state index contributed by atoms with van der Waals surface area (Å²) in [7, 11) is 2.12. The Bertz CT molecular complexity index is 430. The number of rotatable bonds is 7. The monoisotopic (exact) mass is 264 g/mol. The van der Waals surface area contributed by atoms with Crippen molar-refractivity contribution in [1.82, 2.24) is 4.90 Å². The van der Waals surface area contributed by atoms with Crippen LogP contribution in [-0.4, -0.2) is 42.2 Å². The molecule has 0 radical (unpaired) electrons. The van der Waals surface area contributed by atoms with Gasteiger partial charge in [0.25, 0.3) is 0 Å². The van der Waals surface area contributed by atoms with Gasteiger partial charge >= 0.3 is 5.97 Å². The number of carbonyl (C=O) groups is 1. The van der Waals surface area contributed by atoms with Crippen molar-refractivity contribution in [2.24, 2.45) is 0 Å². The largest absolute Gasteiger partial charge is 0.478 e. The second-order valence-corrected chi connectivity index (χ2v) is 5.19. The standard InChI is InChI=1S/C15H24N2O2/c1-11(2)17(4)9-5-8-16-13-6-7-14(15(18)19)12(3)10-13/h6-7,10-11,16H,5,8-9H2,1-4H3,(H,18,19). The minimum absolute atomic E-state index is 0.366. The van der Waals surface area contributed by atoms with Crippen LogP contribution in [0.1, 0.15) is 36.2 Å². The first-order valence-corrected chi connectivity index (χ1v) is 6.70. The van der Waals surface area contributed by atoms with Crippen molar-refractivity contribution in [1.29, 1.82) is 0 Å². The molecule has 2 N–H and O–H groups in total. The van der Waals surface area contributed by atoms with Crippen LogP contribution >= 0.6 is 0 Å². The van der Waals surface area contributed by atoms with E-state index in [1.165, 1.54) is 0 Å². The molecule has 0 unspecified atom stereocenters. The van der Waals surface area contributed by atoms with Gasteiger partial charge in [0.1, 0.15) is 0 Å². The third-order valence-corrected chi connectivity index (χ3v) is 3.36. The summed E-state index contributed by atoms with van der Waals surface area (Å²) >= 11 is 0. The Morgan fingerprint density at radius 2 is 2.11 bits per heavy atom. The molecule has 0 amide bonds. The average molecular weight is 264 g/mol. The Hall–Kier alpha value is -1.55. The number of benzene rings is 1. The summed E-state index contributed by atoms with van der Waals surface area (Å²) in [5, 5.41) is 12.3. The highest BCUT2D eigenvalue weighted by atomic mass is 16.4. The number of carboxylic acid groups (broad SMARTS) is 1. The van der Waals surface area contributed by atoms with E-state index in [0.29, 0.717) is 11.6 Å². The zero-order valence-electron chi connectivity index (χ0n) is 12.2. The summed E-state index contributed by atoms with van der Waals surface area (Å²) in [6.45, 7) is 8.13. The van der Waals surface area contributed by atoms with E-state index in [2.05, 4.69) is 31.1 Å². The molecule has 0 spiro atoms. The molecule has 0 saturated carbocycles. The molecular formula is C15H24N2O2. The molecule has 4 nitrogen and oxygen atoms in total. The molecule has 0 aliphatic heterocycles. The van der Waals surface area contributed by atoms with Crippen molar-refractivity contribution in [2.45, 2.75) is 33.2 Å². The molecule has 1 aromatic carbocycles. The average Bonchev–Trinajstić information content (AvgIpc) is 2.33. The van der Waals surface area contributed by atoms with Gasteiger partial charge in [-0.2, -0.15) is 0 Å². The van der Waals surface area contributed by atoms with Crippen LogP contribution in [0.15, 0.2) is 18.2 Å². The maximum Gasteiger partial charge on any atom is 0.335 e. The highest BCUT2D eigenvalue weighted by Gasteiger charge is 2.07. The topological polar surface area (TPSA) is 52.6 Å². The zero-order valence-corrected chi connectivity index (χ0v) is 12.2. The Morgan fingerprint density at radius 3 is 2.63 bits per heavy atom. The first-order chi connectivity index (χ1) is 8.91. The molecular weight excluding hydrogens is 240 g/mol. The van der Waals surface area contributed by atoms with Gasteiger partial charge in [-0.25, -0.2) is 4.79 Å². The molecule has 1 aromatic rings. The second-order valence-electron chi connectivity index (χ2n) is 5.19. The van der Waals surface area contributed by atoms with Crippen molar-refractivity contribution in [3.05, 3.63) is 29.3 Å². The Kier molecular flexibility index (Phi) is 5.83. The van der Waals surface area contributed by atoms with E-state index in [9.17, 15) is 4.79 Å². The predicted molar refractivity (Wildman–Crippen MR) is 79.0 cm³/mol. The molecule has 0 saturated heterocycles. The highest BCUT2D eigenvalue weighted by molar-refractivity contribution is 5.89. The Balaban J connectivity index is 2.42. The number of aromatic carboxylic acids is 1. The fraction of sp³-hybridized carbons (Fsp3) is 0.533. The van der Waals surface area contributed by atoms with Crippen molar-refractivity contribution in [3.63, 3.8) is 0 Å². The van der Waals surface area contributed by atoms with Crippen molar-refractivity contribution in [3.8, 4) is 0 Å². The smallest absolute Gasteiger partial charge is 0.335 e. The summed E-state index contributed by atoms with van der Waals surface area (Å²) in [4.78, 5) is 13.2. The maximum absolute atomic E-state index is 10.9. The van der Waals surface area contributed by atoms with E-state index in [1.54, 1.807) is 6.07 Å². The lowest BCUT2D eigenvalue weighted by atomic mass is 10.1. The third-order valence-electron chi connectivity index (χ3n) is 3.36. The summed E-state index contributed by atoms with van der Waals surface area (Å²) in [6.07, 6.45) is 1.06. The fourth-order valence-electron chi connectivity index (χ4n) is 1.83. The first-order valence-electron chi connectivity index (χ1n) is 6.70. The number of nitrogens with one attached hydrogen (secondary N) is 1. The van der Waals surface area contributed by atoms with Crippen LogP contribution in [0.25, 0.3) is 0 Å². The lowest BCUT2D eigenvalue weighted by molar-refractivity contribution is 0.0696. The van der Waals surface area contributed by atoms with E-state index >= 15 is 0 Å². The Morgan fingerprint density at radius 1 is 1.42 bits per heavy atom. The molecule has 0 aliphatic carbocycles. The van der Waals surface area contributed by atoms with Crippen molar-refractivity contribution >= 4 is 11.7 Å². The van der Waals surface area contributed by atoms with Gasteiger partial charge in [-0.1, -0.05) is 0 Å². The SMILES string of the molecule is Cc1cc(NCCCN(C)C(C)C)ccc1C(=O)O. The number of carboxylic acids is 1. The van der Waals surface area contributed by atoms with E-state index in [-0.39, 0.29) is 0 Å². The summed E-state index contributed by atoms with van der Waals surface area (Å²) in [5.74, 6) is -0.873. The molecule has 0 heterocycles. The van der Waals surface area contributed by atoms with E-state index in [0.717, 1.165) is 30.8 Å². The molecule has 19 heavy (non-hydrogen) atoms. The van der Waals surface area contributed by atoms with Crippen LogP contribution < -0.4 is 5.32 Å². The van der Waals surface area contributed by atoms with Gasteiger partial charge in [0.2, 0.25) is 0 Å². The van der Waals surface area contributed by atoms with Crippen LogP contribution in [0, 0.1) is 6.92 Å². The van der Waals surface area contributed by atoms with Crippen LogP contribution in [0.5, 0.6) is 0 Å². The lowest BCUT2D eigenvalue weighted by Crippen LogP contribution is -2.28. The first kappa shape index (κ1) is 15.5. The summed E-state index contributed by atoms with van der Waals surface area (Å²) in [5.41, 5.74) is 2.14. The van der Waals surface area contributed by atoms with Gasteiger partial charge in [-0.15, -0.1) is 0 Å². The van der Waals surface area contributed by atoms with Crippen LogP contribution in [0.2, 0.25) is 0 Å². The molecule has 0 fully saturated rings. The number of hydrogen-bond acceptors (Lipinski definition) is 3. The van der Waals surface area contributed by atoms with Crippen molar-refractivity contribution in [2.75, 3.05) is 25.5 Å². The van der Waals surface area contributed by atoms with Gasteiger partial charge < -0.3 is 15.3 Å². The van der Waals surface area contributed by atoms with E-state index in [4.69, 9.17) is 5.11 Å². The second kappa shape index (κ2) is 7.14. The quantitative estimate of drug-likeness (QED) is 0.744. The zero-order chi connectivity index (χ0) is 14.4. The molecule has 4 heteroatoms. The van der Waals surface area contributed by atoms with Gasteiger partial charge in [-0.3, -0.25) is 0 Å². The van der Waals surface area contributed by atoms with Crippen LogP contribution in [0.3, 0.4) is 0 Å². The molecule has 1 rings (SSSR count). The lowest BCUT2D eigenvalue weighted by Gasteiger charge is -2.20. The van der Waals surface area contributed by atoms with Gasteiger partial charge in [-0.05, 0) is 64.5 Å². The van der Waals surface area contributed by atoms with E-state index in [1.807, 2.05) is 19.1 Å². The fourth-order valence-corrected chi connectivity index (χ4v) is 1.83. The van der Waals surface area contributed by atoms with Gasteiger partial charge in [0, 0.05) is 18.3 Å². The Labute approximate surface area is 115 Å². The number of aryl methyl sites for hydroxylation is 1. The summed E-state index contributed by atoms with van der Waals surface area (Å²) in [6, 6.07) is 5.93. The van der Waals surface area contributed by atoms with Crippen molar-refractivity contribution < 1.29 is 9.90 Å². The van der Waals surface area contributed by atoms with Crippen LogP contribution in [-0.2, 0) is 0 Å².